The summed E-state index contributed by atoms with van der Waals surface area (Å²) in [6.45, 7) is 7.33. The minimum absolute atomic E-state index is 0.0970. The van der Waals surface area contributed by atoms with Gasteiger partial charge < -0.3 is 13.3 Å². The number of aryl methyl sites for hydroxylation is 1. The molecular weight excluding hydrogens is 302 g/mol. The van der Waals surface area contributed by atoms with Gasteiger partial charge in [0.15, 0.2) is 10.3 Å². The minimum atomic E-state index is -2.50. The molecule has 4 rings (SSSR count). The number of rotatable bonds is 3. The van der Waals surface area contributed by atoms with Crippen LogP contribution in [0.2, 0.25) is 0 Å². The number of hydrogen-bond acceptors (Lipinski definition) is 4. The Hall–Kier alpha value is -0.373. The summed E-state index contributed by atoms with van der Waals surface area (Å²) in [6.07, 6.45) is 2.27. The Morgan fingerprint density at radius 2 is 1.52 bits per heavy atom. The molecule has 3 aliphatic rings. The van der Waals surface area contributed by atoms with Crippen LogP contribution in [0.15, 0.2) is 29.2 Å². The van der Waals surface area contributed by atoms with Gasteiger partial charge in [0.25, 0.3) is 0 Å². The van der Waals surface area contributed by atoms with E-state index in [4.69, 9.17) is 13.3 Å². The first-order valence-electron chi connectivity index (χ1n) is 7.50. The molecular formula is C15H24NO3SSi+. The van der Waals surface area contributed by atoms with E-state index in [9.17, 15) is 0 Å². The summed E-state index contributed by atoms with van der Waals surface area (Å²) in [5.41, 5.74) is 1.30. The lowest BCUT2D eigenvalue weighted by Gasteiger charge is -2.37. The van der Waals surface area contributed by atoms with Crippen LogP contribution in [0.1, 0.15) is 5.56 Å². The third-order valence-corrected chi connectivity index (χ3v) is 10.2. The van der Waals surface area contributed by atoms with E-state index in [-0.39, 0.29) is 10.9 Å². The molecule has 0 aliphatic carbocycles. The van der Waals surface area contributed by atoms with Gasteiger partial charge in [0.2, 0.25) is 0 Å². The second-order valence-electron chi connectivity index (χ2n) is 5.66. The standard InChI is InChI=1S/C15H24NO3SSi/c1-14-3-5-15(6-4-14)20(2)13-21-17-10-7-16(8-11-18-21)9-12-19-21/h3-6H,7-13H2,1-2H3/q+1. The van der Waals surface area contributed by atoms with Crippen LogP contribution in [-0.4, -0.2) is 64.8 Å². The molecule has 1 aromatic carbocycles. The fraction of sp³-hybridized carbons (Fsp3) is 0.600. The smallest absolute Gasteiger partial charge is 0.369 e. The Morgan fingerprint density at radius 1 is 1.00 bits per heavy atom. The van der Waals surface area contributed by atoms with Crippen molar-refractivity contribution in [3.63, 3.8) is 0 Å². The zero-order valence-electron chi connectivity index (χ0n) is 12.8. The summed E-state index contributed by atoms with van der Waals surface area (Å²) in [5, 5.41) is 0.899. The van der Waals surface area contributed by atoms with Crippen LogP contribution < -0.4 is 0 Å². The molecule has 3 aliphatic heterocycles. The van der Waals surface area contributed by atoms with Crippen LogP contribution in [0, 0.1) is 6.92 Å². The lowest BCUT2D eigenvalue weighted by atomic mass is 10.2. The molecule has 4 nitrogen and oxygen atoms in total. The van der Waals surface area contributed by atoms with E-state index in [1.807, 2.05) is 0 Å². The summed E-state index contributed by atoms with van der Waals surface area (Å²) in [5.74, 6) is 0. The summed E-state index contributed by atoms with van der Waals surface area (Å²) in [7, 11) is -2.40. The average Bonchev–Trinajstić information content (AvgIpc) is 2.40. The first-order chi connectivity index (χ1) is 10.2. The van der Waals surface area contributed by atoms with Crippen molar-refractivity contribution in [1.29, 1.82) is 0 Å². The van der Waals surface area contributed by atoms with E-state index < -0.39 is 8.80 Å². The maximum absolute atomic E-state index is 6.12. The molecule has 6 heteroatoms. The summed E-state index contributed by atoms with van der Waals surface area (Å²) < 4.78 is 18.4. The Bertz CT molecular complexity index is 444. The third kappa shape index (κ3) is 3.88. The lowest BCUT2D eigenvalue weighted by Crippen LogP contribution is -2.58. The SMILES string of the molecule is Cc1ccc([S+](C)C[Si]23OCCN(CCO2)CCO3)cc1. The van der Waals surface area contributed by atoms with E-state index in [2.05, 4.69) is 42.3 Å². The van der Waals surface area contributed by atoms with Gasteiger partial charge in [-0.15, -0.1) is 0 Å². The predicted molar refractivity (Wildman–Crippen MR) is 87.7 cm³/mol. The van der Waals surface area contributed by atoms with Crippen molar-refractivity contribution >= 4 is 19.7 Å². The highest BCUT2D eigenvalue weighted by Gasteiger charge is 2.50. The molecule has 1 aromatic rings. The van der Waals surface area contributed by atoms with E-state index in [1.54, 1.807) is 0 Å². The molecule has 0 aromatic heterocycles. The molecule has 21 heavy (non-hydrogen) atoms. The van der Waals surface area contributed by atoms with Gasteiger partial charge in [0.05, 0.1) is 19.8 Å². The van der Waals surface area contributed by atoms with Gasteiger partial charge in [-0.05, 0) is 19.1 Å². The quantitative estimate of drug-likeness (QED) is 0.622. The second kappa shape index (κ2) is 6.81. The van der Waals surface area contributed by atoms with E-state index in [0.29, 0.717) is 0 Å². The van der Waals surface area contributed by atoms with Crippen molar-refractivity contribution in [2.75, 3.05) is 51.1 Å². The molecule has 0 spiro atoms. The molecule has 3 heterocycles. The molecule has 0 radical (unpaired) electrons. The Kier molecular flexibility index (Phi) is 5.03. The molecule has 2 bridgehead atoms. The first-order valence-corrected chi connectivity index (χ1v) is 11.2. The lowest BCUT2D eigenvalue weighted by molar-refractivity contribution is -0.00453. The third-order valence-electron chi connectivity index (χ3n) is 4.01. The van der Waals surface area contributed by atoms with Gasteiger partial charge in [0.1, 0.15) is 6.26 Å². The highest BCUT2D eigenvalue weighted by atomic mass is 32.2. The number of hydrogen-bond donors (Lipinski definition) is 0. The van der Waals surface area contributed by atoms with Gasteiger partial charge in [-0.2, -0.15) is 0 Å². The molecule has 0 N–H and O–H groups in total. The van der Waals surface area contributed by atoms with Crippen LogP contribution in [0.5, 0.6) is 0 Å². The summed E-state index contributed by atoms with van der Waals surface area (Å²) >= 11 is 0. The zero-order valence-corrected chi connectivity index (χ0v) is 14.7. The van der Waals surface area contributed by atoms with Crippen LogP contribution in [0.4, 0.5) is 0 Å². The molecule has 0 saturated carbocycles. The summed E-state index contributed by atoms with van der Waals surface area (Å²) in [6, 6.07) is 8.79. The van der Waals surface area contributed by atoms with Crippen molar-refractivity contribution < 1.29 is 13.3 Å². The molecule has 3 fully saturated rings. The largest absolute Gasteiger partial charge is 0.553 e. The van der Waals surface area contributed by atoms with Crippen LogP contribution in [0.25, 0.3) is 0 Å². The van der Waals surface area contributed by atoms with Crippen molar-refractivity contribution in [1.82, 2.24) is 4.90 Å². The average molecular weight is 327 g/mol. The highest BCUT2D eigenvalue weighted by Crippen LogP contribution is 2.22. The topological polar surface area (TPSA) is 30.9 Å². The van der Waals surface area contributed by atoms with Gasteiger partial charge in [-0.1, -0.05) is 17.7 Å². The monoisotopic (exact) mass is 326 g/mol. The van der Waals surface area contributed by atoms with Crippen molar-refractivity contribution in [3.8, 4) is 0 Å². The van der Waals surface area contributed by atoms with Gasteiger partial charge in [0, 0.05) is 30.5 Å². The Balaban J connectivity index is 1.72. The predicted octanol–water partition coefficient (Wildman–Crippen LogP) is 1.46. The maximum atomic E-state index is 6.12. The maximum Gasteiger partial charge on any atom is 0.553 e. The van der Waals surface area contributed by atoms with E-state index >= 15 is 0 Å². The molecule has 3 saturated heterocycles. The Labute approximate surface area is 131 Å². The van der Waals surface area contributed by atoms with Crippen molar-refractivity contribution in [2.24, 2.45) is 0 Å². The molecule has 0 amide bonds. The van der Waals surface area contributed by atoms with Crippen molar-refractivity contribution in [2.45, 2.75) is 11.8 Å². The fourth-order valence-electron chi connectivity index (χ4n) is 2.70. The highest BCUT2D eigenvalue weighted by molar-refractivity contribution is 7.97. The van der Waals surface area contributed by atoms with Crippen LogP contribution in [-0.2, 0) is 24.2 Å². The minimum Gasteiger partial charge on any atom is -0.369 e. The Morgan fingerprint density at radius 3 is 2.05 bits per heavy atom. The van der Waals surface area contributed by atoms with Gasteiger partial charge >= 0.3 is 8.80 Å². The fourth-order valence-corrected chi connectivity index (χ4v) is 8.54. The second-order valence-corrected chi connectivity index (χ2v) is 10.8. The number of nitrogens with zero attached hydrogens (tertiary/aromatic N) is 1. The zero-order chi connectivity index (χ0) is 14.7. The first kappa shape index (κ1) is 15.5. The van der Waals surface area contributed by atoms with E-state index in [0.717, 1.165) is 44.8 Å². The summed E-state index contributed by atoms with van der Waals surface area (Å²) in [4.78, 5) is 3.72. The molecule has 1 unspecified atom stereocenters. The number of fused-ring (bicyclic) bond motifs is 6. The normalized spacial score (nSPS) is 31.2. The molecule has 116 valence electrons. The van der Waals surface area contributed by atoms with Crippen molar-refractivity contribution in [3.05, 3.63) is 29.8 Å². The molecule has 1 atom stereocenters. The van der Waals surface area contributed by atoms with Gasteiger partial charge in [-0.3, -0.25) is 4.90 Å². The van der Waals surface area contributed by atoms with E-state index in [1.165, 1.54) is 10.5 Å². The van der Waals surface area contributed by atoms with Gasteiger partial charge in [-0.25, -0.2) is 0 Å². The van der Waals surface area contributed by atoms with Crippen LogP contribution >= 0.6 is 0 Å². The van der Waals surface area contributed by atoms with Crippen LogP contribution in [0.3, 0.4) is 0 Å². The number of benzene rings is 1.